The molecule has 0 radical (unpaired) electrons. The predicted molar refractivity (Wildman–Crippen MR) is 125 cm³/mol. The molecule has 4 aliphatic carbocycles. The highest BCUT2D eigenvalue weighted by Crippen LogP contribution is 2.67. The van der Waals surface area contributed by atoms with Crippen LogP contribution in [0.4, 0.5) is 0 Å². The Bertz CT molecular complexity index is 724. The lowest BCUT2D eigenvalue weighted by Gasteiger charge is -2.59. The third-order valence-corrected chi connectivity index (χ3v) is 11.5. The fourth-order valence-corrected chi connectivity index (χ4v) is 9.14. The molecule has 0 aromatic heterocycles. The van der Waals surface area contributed by atoms with Crippen molar-refractivity contribution in [2.45, 2.75) is 110 Å². The number of aliphatic hydroxyl groups excluding tert-OH is 2. The van der Waals surface area contributed by atoms with E-state index in [1.165, 1.54) is 44.1 Å². The maximum absolute atomic E-state index is 11.3. The van der Waals surface area contributed by atoms with E-state index in [4.69, 9.17) is 4.74 Å². The molecule has 1 aliphatic heterocycles. The lowest BCUT2D eigenvalue weighted by atomic mass is 9.46. The van der Waals surface area contributed by atoms with Gasteiger partial charge in [-0.2, -0.15) is 0 Å². The molecule has 4 fully saturated rings. The van der Waals surface area contributed by atoms with Gasteiger partial charge in [0.15, 0.2) is 0 Å². The first kappa shape index (κ1) is 22.4. The number of hydrogen-bond donors (Lipinski definition) is 2. The summed E-state index contributed by atoms with van der Waals surface area (Å²) in [6.45, 7) is 13.1. The summed E-state index contributed by atoms with van der Waals surface area (Å²) in [6, 6.07) is 0. The molecule has 0 spiro atoms. The third kappa shape index (κ3) is 3.39. The molecular formula is C28H46O3. The lowest BCUT2D eigenvalue weighted by molar-refractivity contribution is -0.0972. The molecule has 3 saturated carbocycles. The molecule has 2 N–H and O–H groups in total. The van der Waals surface area contributed by atoms with Crippen molar-refractivity contribution >= 4 is 0 Å². The second-order valence-corrected chi connectivity index (χ2v) is 13.0. The predicted octanol–water partition coefficient (Wildman–Crippen LogP) is 5.74. The van der Waals surface area contributed by atoms with Crippen LogP contribution in [0.5, 0.6) is 0 Å². The van der Waals surface area contributed by atoms with E-state index in [0.29, 0.717) is 29.1 Å². The molecule has 0 amide bonds. The van der Waals surface area contributed by atoms with E-state index < -0.39 is 0 Å². The van der Waals surface area contributed by atoms with Gasteiger partial charge in [0.2, 0.25) is 0 Å². The molecule has 10 atom stereocenters. The first-order chi connectivity index (χ1) is 14.6. The summed E-state index contributed by atoms with van der Waals surface area (Å²) in [5.41, 5.74) is 2.09. The molecule has 0 aromatic carbocycles. The van der Waals surface area contributed by atoms with Crippen molar-refractivity contribution in [3.63, 3.8) is 0 Å². The van der Waals surface area contributed by atoms with Crippen molar-refractivity contribution in [2.75, 3.05) is 6.61 Å². The van der Waals surface area contributed by atoms with Crippen molar-refractivity contribution in [1.29, 1.82) is 0 Å². The van der Waals surface area contributed by atoms with Gasteiger partial charge < -0.3 is 14.9 Å². The minimum Gasteiger partial charge on any atom is -0.393 e. The normalized spacial score (nSPS) is 52.2. The van der Waals surface area contributed by atoms with Gasteiger partial charge in [-0.1, -0.05) is 46.3 Å². The number of ether oxygens (including phenoxy) is 1. The molecule has 3 heteroatoms. The quantitative estimate of drug-likeness (QED) is 0.432. The van der Waals surface area contributed by atoms with Gasteiger partial charge in [-0.3, -0.25) is 0 Å². The molecule has 31 heavy (non-hydrogen) atoms. The Morgan fingerprint density at radius 2 is 1.77 bits per heavy atom. The van der Waals surface area contributed by atoms with Crippen molar-refractivity contribution in [3.8, 4) is 0 Å². The van der Waals surface area contributed by atoms with Crippen LogP contribution in [0.25, 0.3) is 0 Å². The number of epoxide rings is 1. The van der Waals surface area contributed by atoms with Crippen LogP contribution < -0.4 is 0 Å². The van der Waals surface area contributed by atoms with Gasteiger partial charge in [0, 0.05) is 0 Å². The van der Waals surface area contributed by atoms with Gasteiger partial charge in [0.1, 0.15) is 0 Å². The fourth-order valence-electron chi connectivity index (χ4n) is 9.14. The molecule has 0 bridgehead atoms. The molecule has 1 saturated heterocycles. The summed E-state index contributed by atoms with van der Waals surface area (Å²) in [4.78, 5) is 0. The molecule has 3 nitrogen and oxygen atoms in total. The highest BCUT2D eigenvalue weighted by molar-refractivity contribution is 5.28. The maximum Gasteiger partial charge on any atom is 0.0939 e. The number of fused-ring (bicyclic) bond motifs is 5. The van der Waals surface area contributed by atoms with Crippen molar-refractivity contribution in [1.82, 2.24) is 0 Å². The van der Waals surface area contributed by atoms with Gasteiger partial charge in [-0.15, -0.1) is 0 Å². The highest BCUT2D eigenvalue weighted by atomic mass is 16.6. The molecule has 1 heterocycles. The summed E-state index contributed by atoms with van der Waals surface area (Å²) >= 11 is 0. The second-order valence-electron chi connectivity index (χ2n) is 13.0. The summed E-state index contributed by atoms with van der Waals surface area (Å²) < 4.78 is 5.90. The molecule has 5 rings (SSSR count). The number of aliphatic hydroxyl groups is 2. The monoisotopic (exact) mass is 430 g/mol. The van der Waals surface area contributed by atoms with Crippen LogP contribution in [0, 0.1) is 46.3 Å². The number of rotatable bonds is 5. The number of hydrogen-bond acceptors (Lipinski definition) is 3. The molecule has 0 aromatic rings. The average molecular weight is 431 g/mol. The van der Waals surface area contributed by atoms with Crippen molar-refractivity contribution in [2.24, 2.45) is 46.3 Å². The standard InChI is InChI=1S/C28H46O3/c1-17(2)28(16-31-28)13-8-18(3)21-6-7-22-25-23(10-12-27(21,22)5)26(4)11-9-20(29)14-19(26)15-24(25)30/h15,17-18,20-25,29-30H,6-14,16H2,1-5H3/t18-,20+,21-,22+,23+,24-,25+,26+,27-,28+/m1/s1. The Labute approximate surface area is 190 Å². The average Bonchev–Trinajstić information content (AvgIpc) is 3.43. The van der Waals surface area contributed by atoms with Crippen LogP contribution in [0.1, 0.15) is 92.4 Å². The molecule has 0 unspecified atom stereocenters. The third-order valence-electron chi connectivity index (χ3n) is 11.5. The maximum atomic E-state index is 11.3. The summed E-state index contributed by atoms with van der Waals surface area (Å²) in [5, 5.41) is 21.6. The zero-order valence-electron chi connectivity index (χ0n) is 20.6. The lowest BCUT2D eigenvalue weighted by Crippen LogP contribution is -2.55. The second kappa shape index (κ2) is 7.57. The SMILES string of the molecule is CC(C)[C@]1(CC[C@@H](C)[C@H]2CC[C@H]3[C@@H]4[C@H](O)C=C5C[C@@H](O)CC[C@]5(C)[C@H]4CC[C@]23C)CO1. The smallest absolute Gasteiger partial charge is 0.0939 e. The topological polar surface area (TPSA) is 53.0 Å². The van der Waals surface area contributed by atoms with Gasteiger partial charge in [-0.05, 0) is 104 Å². The van der Waals surface area contributed by atoms with E-state index in [0.717, 1.165) is 37.7 Å². The zero-order valence-corrected chi connectivity index (χ0v) is 20.6. The zero-order chi connectivity index (χ0) is 22.2. The van der Waals surface area contributed by atoms with Crippen molar-refractivity contribution in [3.05, 3.63) is 11.6 Å². The Morgan fingerprint density at radius 1 is 1.03 bits per heavy atom. The van der Waals surface area contributed by atoms with Crippen LogP contribution >= 0.6 is 0 Å². The van der Waals surface area contributed by atoms with Gasteiger partial charge in [-0.25, -0.2) is 0 Å². The summed E-state index contributed by atoms with van der Waals surface area (Å²) in [6.07, 6.45) is 12.1. The van der Waals surface area contributed by atoms with Crippen LogP contribution in [0.15, 0.2) is 11.6 Å². The minimum atomic E-state index is -0.318. The Kier molecular flexibility index (Phi) is 5.47. The molecular weight excluding hydrogens is 384 g/mol. The van der Waals surface area contributed by atoms with Gasteiger partial charge in [0.05, 0.1) is 24.4 Å². The van der Waals surface area contributed by atoms with Gasteiger partial charge >= 0.3 is 0 Å². The van der Waals surface area contributed by atoms with Crippen LogP contribution in [-0.2, 0) is 4.74 Å². The Morgan fingerprint density at radius 3 is 2.45 bits per heavy atom. The van der Waals surface area contributed by atoms with E-state index in [1.54, 1.807) is 0 Å². The Balaban J connectivity index is 1.34. The van der Waals surface area contributed by atoms with E-state index >= 15 is 0 Å². The minimum absolute atomic E-state index is 0.172. The van der Waals surface area contributed by atoms with Crippen LogP contribution in [-0.4, -0.2) is 34.6 Å². The van der Waals surface area contributed by atoms with Crippen molar-refractivity contribution < 1.29 is 14.9 Å². The fraction of sp³-hybridized carbons (Fsp3) is 0.929. The largest absolute Gasteiger partial charge is 0.393 e. The van der Waals surface area contributed by atoms with Crippen LogP contribution in [0.3, 0.4) is 0 Å². The van der Waals surface area contributed by atoms with Gasteiger partial charge in [0.25, 0.3) is 0 Å². The highest BCUT2D eigenvalue weighted by Gasteiger charge is 2.61. The first-order valence-corrected chi connectivity index (χ1v) is 13.3. The first-order valence-electron chi connectivity index (χ1n) is 13.3. The van der Waals surface area contributed by atoms with E-state index in [-0.39, 0.29) is 23.2 Å². The molecule has 5 aliphatic rings. The summed E-state index contributed by atoms with van der Waals surface area (Å²) in [5.74, 6) is 3.78. The van der Waals surface area contributed by atoms with E-state index in [9.17, 15) is 10.2 Å². The van der Waals surface area contributed by atoms with E-state index in [2.05, 4.69) is 40.7 Å². The molecule has 176 valence electrons. The summed E-state index contributed by atoms with van der Waals surface area (Å²) in [7, 11) is 0. The van der Waals surface area contributed by atoms with Crippen LogP contribution in [0.2, 0.25) is 0 Å². The Hall–Kier alpha value is -0.380. The van der Waals surface area contributed by atoms with E-state index in [1.807, 2.05) is 0 Å².